The van der Waals surface area contributed by atoms with Crippen molar-refractivity contribution >= 4 is 34.4 Å². The SMILES string of the molecule is COc1cccc(NC(=O)N2CCc3nc4ncc(Cl)cc4cc3C2)c1. The van der Waals surface area contributed by atoms with Crippen LogP contribution in [0.3, 0.4) is 0 Å². The third kappa shape index (κ3) is 3.28. The zero-order valence-electron chi connectivity index (χ0n) is 14.2. The predicted molar refractivity (Wildman–Crippen MR) is 101 cm³/mol. The minimum atomic E-state index is -0.145. The lowest BCUT2D eigenvalue weighted by Gasteiger charge is -2.28. The average Bonchev–Trinajstić information content (AvgIpc) is 2.66. The zero-order valence-corrected chi connectivity index (χ0v) is 15.0. The predicted octanol–water partition coefficient (Wildman–Crippen LogP) is 3.88. The Bertz CT molecular complexity index is 992. The van der Waals surface area contributed by atoms with Gasteiger partial charge in [0.2, 0.25) is 0 Å². The van der Waals surface area contributed by atoms with Crippen LogP contribution in [0.2, 0.25) is 5.02 Å². The standard InChI is InChI=1S/C19H17ClN4O2/c1-26-16-4-2-3-15(9-16)22-19(25)24-6-5-17-13(11-24)7-12-8-14(20)10-21-18(12)23-17/h2-4,7-10H,5-6,11H2,1H3,(H,22,25). The molecular weight excluding hydrogens is 352 g/mol. The highest BCUT2D eigenvalue weighted by Gasteiger charge is 2.22. The summed E-state index contributed by atoms with van der Waals surface area (Å²) >= 11 is 6.02. The Hall–Kier alpha value is -2.86. The highest BCUT2D eigenvalue weighted by molar-refractivity contribution is 6.31. The fraction of sp³-hybridized carbons (Fsp3) is 0.211. The number of halogens is 1. The van der Waals surface area contributed by atoms with Crippen molar-refractivity contribution in [2.45, 2.75) is 13.0 Å². The van der Waals surface area contributed by atoms with Crippen LogP contribution in [0.1, 0.15) is 11.3 Å². The van der Waals surface area contributed by atoms with Gasteiger partial charge in [0.1, 0.15) is 5.75 Å². The molecule has 132 valence electrons. The summed E-state index contributed by atoms with van der Waals surface area (Å²) in [7, 11) is 1.60. The largest absolute Gasteiger partial charge is 0.497 e. The van der Waals surface area contributed by atoms with E-state index in [9.17, 15) is 4.79 Å². The fourth-order valence-electron chi connectivity index (χ4n) is 3.07. The van der Waals surface area contributed by atoms with E-state index < -0.39 is 0 Å². The molecule has 4 rings (SSSR count). The normalized spacial score (nSPS) is 13.4. The second kappa shape index (κ2) is 6.80. The summed E-state index contributed by atoms with van der Waals surface area (Å²) in [5.74, 6) is 0.701. The Morgan fingerprint density at radius 3 is 3.04 bits per heavy atom. The van der Waals surface area contributed by atoms with Gasteiger partial charge in [-0.3, -0.25) is 0 Å². The Labute approximate surface area is 155 Å². The van der Waals surface area contributed by atoms with E-state index in [2.05, 4.69) is 15.3 Å². The van der Waals surface area contributed by atoms with Gasteiger partial charge in [0, 0.05) is 48.5 Å². The number of urea groups is 1. The van der Waals surface area contributed by atoms with Crippen LogP contribution in [-0.2, 0) is 13.0 Å². The summed E-state index contributed by atoms with van der Waals surface area (Å²) in [4.78, 5) is 23.3. The van der Waals surface area contributed by atoms with Crippen molar-refractivity contribution in [2.24, 2.45) is 0 Å². The number of ether oxygens (including phenoxy) is 1. The number of benzene rings is 1. The van der Waals surface area contributed by atoms with Gasteiger partial charge in [0.15, 0.2) is 5.65 Å². The number of pyridine rings is 2. The van der Waals surface area contributed by atoms with Crippen molar-refractivity contribution in [1.82, 2.24) is 14.9 Å². The Morgan fingerprint density at radius 1 is 1.31 bits per heavy atom. The van der Waals surface area contributed by atoms with E-state index in [0.29, 0.717) is 41.6 Å². The molecule has 0 bridgehead atoms. The summed E-state index contributed by atoms with van der Waals surface area (Å²) < 4.78 is 5.19. The average molecular weight is 369 g/mol. The molecular formula is C19H17ClN4O2. The first-order valence-corrected chi connectivity index (χ1v) is 8.64. The van der Waals surface area contributed by atoms with Crippen LogP contribution in [0.5, 0.6) is 5.75 Å². The minimum Gasteiger partial charge on any atom is -0.497 e. The molecule has 6 nitrogen and oxygen atoms in total. The fourth-order valence-corrected chi connectivity index (χ4v) is 3.24. The van der Waals surface area contributed by atoms with Gasteiger partial charge in [-0.15, -0.1) is 0 Å². The number of aromatic nitrogens is 2. The van der Waals surface area contributed by atoms with Crippen LogP contribution < -0.4 is 10.1 Å². The number of amides is 2. The van der Waals surface area contributed by atoms with Gasteiger partial charge >= 0.3 is 6.03 Å². The number of nitrogens with one attached hydrogen (secondary N) is 1. The van der Waals surface area contributed by atoms with Crippen LogP contribution in [0.15, 0.2) is 42.6 Å². The van der Waals surface area contributed by atoms with Gasteiger partial charge in [0.25, 0.3) is 0 Å². The molecule has 1 aliphatic rings. The molecule has 3 heterocycles. The van der Waals surface area contributed by atoms with E-state index in [1.165, 1.54) is 0 Å². The quantitative estimate of drug-likeness (QED) is 0.745. The highest BCUT2D eigenvalue weighted by Crippen LogP contribution is 2.24. The van der Waals surface area contributed by atoms with Gasteiger partial charge in [-0.2, -0.15) is 0 Å². The summed E-state index contributed by atoms with van der Waals surface area (Å²) in [6, 6.07) is 11.0. The molecule has 7 heteroatoms. The molecule has 2 aromatic heterocycles. The molecule has 0 saturated heterocycles. The molecule has 26 heavy (non-hydrogen) atoms. The van der Waals surface area contributed by atoms with Crippen molar-refractivity contribution in [3.05, 3.63) is 58.9 Å². The van der Waals surface area contributed by atoms with Gasteiger partial charge in [-0.25, -0.2) is 14.8 Å². The van der Waals surface area contributed by atoms with E-state index in [-0.39, 0.29) is 6.03 Å². The van der Waals surface area contributed by atoms with E-state index in [0.717, 1.165) is 16.6 Å². The van der Waals surface area contributed by atoms with Gasteiger partial charge < -0.3 is 15.0 Å². The molecule has 1 N–H and O–H groups in total. The van der Waals surface area contributed by atoms with Crippen molar-refractivity contribution in [3.8, 4) is 5.75 Å². The second-order valence-corrected chi connectivity index (χ2v) is 6.56. The number of nitrogens with zero attached hydrogens (tertiary/aromatic N) is 3. The number of carbonyl (C=O) groups excluding carboxylic acids is 1. The van der Waals surface area contributed by atoms with E-state index in [4.69, 9.17) is 16.3 Å². The van der Waals surface area contributed by atoms with Gasteiger partial charge in [-0.1, -0.05) is 17.7 Å². The lowest BCUT2D eigenvalue weighted by molar-refractivity contribution is 0.206. The number of rotatable bonds is 2. The molecule has 0 aliphatic carbocycles. The Balaban J connectivity index is 1.54. The smallest absolute Gasteiger partial charge is 0.322 e. The third-order valence-corrected chi connectivity index (χ3v) is 4.60. The van der Waals surface area contributed by atoms with Crippen LogP contribution in [0, 0.1) is 0 Å². The third-order valence-electron chi connectivity index (χ3n) is 4.39. The lowest BCUT2D eigenvalue weighted by atomic mass is 10.0. The van der Waals surface area contributed by atoms with Crippen LogP contribution in [-0.4, -0.2) is 34.6 Å². The summed E-state index contributed by atoms with van der Waals surface area (Å²) in [5, 5.41) is 4.37. The molecule has 0 atom stereocenters. The molecule has 2 amide bonds. The van der Waals surface area contributed by atoms with E-state index in [1.807, 2.05) is 30.3 Å². The maximum absolute atomic E-state index is 12.6. The second-order valence-electron chi connectivity index (χ2n) is 6.13. The number of hydrogen-bond donors (Lipinski definition) is 1. The van der Waals surface area contributed by atoms with Crippen molar-refractivity contribution < 1.29 is 9.53 Å². The van der Waals surface area contributed by atoms with Crippen LogP contribution in [0.25, 0.3) is 11.0 Å². The Kier molecular flexibility index (Phi) is 4.34. The maximum atomic E-state index is 12.6. The number of hydrogen-bond acceptors (Lipinski definition) is 4. The van der Waals surface area contributed by atoms with Crippen LogP contribution >= 0.6 is 11.6 Å². The van der Waals surface area contributed by atoms with Gasteiger partial charge in [0.05, 0.1) is 12.1 Å². The first-order valence-electron chi connectivity index (χ1n) is 8.26. The Morgan fingerprint density at radius 2 is 2.19 bits per heavy atom. The van der Waals surface area contributed by atoms with E-state index in [1.54, 1.807) is 24.3 Å². The molecule has 0 unspecified atom stereocenters. The number of anilines is 1. The maximum Gasteiger partial charge on any atom is 0.322 e. The van der Waals surface area contributed by atoms with Crippen molar-refractivity contribution in [1.29, 1.82) is 0 Å². The number of fused-ring (bicyclic) bond motifs is 2. The first-order chi connectivity index (χ1) is 12.6. The first kappa shape index (κ1) is 16.6. The molecule has 0 fully saturated rings. The molecule has 0 spiro atoms. The molecule has 0 radical (unpaired) electrons. The topological polar surface area (TPSA) is 67.3 Å². The molecule has 1 aliphatic heterocycles. The lowest BCUT2D eigenvalue weighted by Crippen LogP contribution is -2.39. The van der Waals surface area contributed by atoms with Gasteiger partial charge in [-0.05, 0) is 29.8 Å². The minimum absolute atomic E-state index is 0.145. The van der Waals surface area contributed by atoms with Crippen LogP contribution in [0.4, 0.5) is 10.5 Å². The summed E-state index contributed by atoms with van der Waals surface area (Å²) in [5.41, 5.74) is 3.39. The number of carbonyl (C=O) groups is 1. The number of methoxy groups -OCH3 is 1. The highest BCUT2D eigenvalue weighted by atomic mass is 35.5. The monoisotopic (exact) mass is 368 g/mol. The van der Waals surface area contributed by atoms with E-state index >= 15 is 0 Å². The summed E-state index contributed by atoms with van der Waals surface area (Å²) in [6.07, 6.45) is 2.29. The zero-order chi connectivity index (χ0) is 18.1. The summed E-state index contributed by atoms with van der Waals surface area (Å²) in [6.45, 7) is 1.11. The van der Waals surface area contributed by atoms with Crippen molar-refractivity contribution in [3.63, 3.8) is 0 Å². The molecule has 1 aromatic carbocycles. The molecule has 0 saturated carbocycles. The van der Waals surface area contributed by atoms with Crippen molar-refractivity contribution in [2.75, 3.05) is 19.0 Å². The molecule has 3 aromatic rings.